The largest absolute Gasteiger partial charge is 0.348 e. The van der Waals surface area contributed by atoms with Gasteiger partial charge in [-0.1, -0.05) is 24.3 Å². The Balaban J connectivity index is 1.11. The van der Waals surface area contributed by atoms with E-state index in [1.807, 2.05) is 108 Å². The van der Waals surface area contributed by atoms with Crippen LogP contribution in [-0.2, 0) is 0 Å². The highest BCUT2D eigenvalue weighted by Crippen LogP contribution is 2.23. The molecule has 9 heteroatoms. The van der Waals surface area contributed by atoms with Gasteiger partial charge in [-0.2, -0.15) is 0 Å². The molecule has 44 heavy (non-hydrogen) atoms. The highest BCUT2D eigenvalue weighted by molar-refractivity contribution is 6.07. The van der Waals surface area contributed by atoms with Crippen LogP contribution in [0.4, 0.5) is 0 Å². The van der Waals surface area contributed by atoms with Crippen molar-refractivity contribution in [2.24, 2.45) is 0 Å². The smallest absolute Gasteiger partial charge is 0.253 e. The number of aromatic nitrogens is 4. The molecule has 0 spiro atoms. The van der Waals surface area contributed by atoms with Crippen LogP contribution in [0.25, 0.3) is 44.1 Å². The third-order valence-electron chi connectivity index (χ3n) is 7.59. The van der Waals surface area contributed by atoms with Crippen LogP contribution in [0.2, 0.25) is 0 Å². The SMILES string of the molecule is Cc1cc(C(=O)NC(C)CN(C)CC(C)NC(=O)c2cc(C)cc3nc4ccccc4nc23)c2nc3ccccc3nc2c1. The van der Waals surface area contributed by atoms with Crippen molar-refractivity contribution in [2.45, 2.75) is 39.8 Å². The van der Waals surface area contributed by atoms with Crippen molar-refractivity contribution in [3.05, 3.63) is 95.1 Å². The molecule has 2 amide bonds. The van der Waals surface area contributed by atoms with Gasteiger partial charge in [-0.15, -0.1) is 0 Å². The molecule has 0 radical (unpaired) electrons. The summed E-state index contributed by atoms with van der Waals surface area (Å²) < 4.78 is 0. The van der Waals surface area contributed by atoms with Crippen LogP contribution >= 0.6 is 0 Å². The minimum absolute atomic E-state index is 0.149. The standard InChI is InChI=1S/C35H35N7O2/c1-20-14-24(32-30(16-20)38-26-10-6-8-12-28(26)40-32)34(43)36-22(3)18-42(5)19-23(4)37-35(44)25-15-21(2)17-31-33(25)41-29-13-9-7-11-27(29)39-31/h6-17,22-23H,18-19H2,1-5H3,(H,36,43)(H,37,44). The lowest BCUT2D eigenvalue weighted by atomic mass is 10.1. The fraction of sp³-hybridized carbons (Fsp3) is 0.257. The molecular weight excluding hydrogens is 550 g/mol. The second kappa shape index (κ2) is 11.9. The van der Waals surface area contributed by atoms with Crippen molar-refractivity contribution in [3.63, 3.8) is 0 Å². The monoisotopic (exact) mass is 585 g/mol. The van der Waals surface area contributed by atoms with Crippen LogP contribution < -0.4 is 10.6 Å². The number of likely N-dealkylation sites (N-methyl/N-ethyl adjacent to an activating group) is 1. The van der Waals surface area contributed by atoms with Gasteiger partial charge in [0.25, 0.3) is 11.8 Å². The number of amides is 2. The first-order chi connectivity index (χ1) is 21.1. The molecular formula is C35H35N7O2. The minimum atomic E-state index is -0.189. The number of benzene rings is 4. The molecule has 222 valence electrons. The normalized spacial score (nSPS) is 13.0. The van der Waals surface area contributed by atoms with Crippen LogP contribution in [0.3, 0.4) is 0 Å². The average Bonchev–Trinajstić information content (AvgIpc) is 2.97. The van der Waals surface area contributed by atoms with Gasteiger partial charge >= 0.3 is 0 Å². The van der Waals surface area contributed by atoms with Gasteiger partial charge in [0.2, 0.25) is 0 Å². The number of nitrogens with zero attached hydrogens (tertiary/aromatic N) is 5. The molecule has 0 saturated heterocycles. The second-order valence-electron chi connectivity index (χ2n) is 11.8. The van der Waals surface area contributed by atoms with Gasteiger partial charge in [0.05, 0.1) is 44.2 Å². The van der Waals surface area contributed by atoms with E-state index in [9.17, 15) is 9.59 Å². The molecule has 0 aliphatic carbocycles. The number of aryl methyl sites for hydroxylation is 2. The first kappa shape index (κ1) is 29.1. The lowest BCUT2D eigenvalue weighted by Gasteiger charge is -2.25. The fourth-order valence-corrected chi connectivity index (χ4v) is 5.78. The predicted molar refractivity (Wildman–Crippen MR) is 175 cm³/mol. The summed E-state index contributed by atoms with van der Waals surface area (Å²) >= 11 is 0. The summed E-state index contributed by atoms with van der Waals surface area (Å²) in [5.41, 5.74) is 8.58. The molecule has 2 unspecified atom stereocenters. The summed E-state index contributed by atoms with van der Waals surface area (Å²) in [4.78, 5) is 47.9. The van der Waals surface area contributed by atoms with Crippen molar-refractivity contribution in [3.8, 4) is 0 Å². The Labute approximate surface area is 255 Å². The van der Waals surface area contributed by atoms with E-state index in [1.54, 1.807) is 0 Å². The number of carbonyl (C=O) groups is 2. The first-order valence-corrected chi connectivity index (χ1v) is 14.8. The van der Waals surface area contributed by atoms with E-state index in [1.165, 1.54) is 0 Å². The second-order valence-corrected chi connectivity index (χ2v) is 11.8. The zero-order valence-corrected chi connectivity index (χ0v) is 25.5. The van der Waals surface area contributed by atoms with Gasteiger partial charge in [-0.25, -0.2) is 19.9 Å². The van der Waals surface area contributed by atoms with Crippen LogP contribution in [-0.4, -0.2) is 68.9 Å². The van der Waals surface area contributed by atoms with Crippen LogP contribution in [0.1, 0.15) is 45.7 Å². The van der Waals surface area contributed by atoms with Crippen molar-refractivity contribution in [1.82, 2.24) is 35.5 Å². The molecule has 4 aromatic carbocycles. The summed E-state index contributed by atoms with van der Waals surface area (Å²) in [5.74, 6) is -0.379. The number of hydrogen-bond donors (Lipinski definition) is 2. The molecule has 0 aliphatic rings. The molecule has 6 rings (SSSR count). The molecule has 0 bridgehead atoms. The quantitative estimate of drug-likeness (QED) is 0.231. The predicted octanol–water partition coefficient (Wildman–Crippen LogP) is 5.36. The molecule has 2 atom stereocenters. The lowest BCUT2D eigenvalue weighted by molar-refractivity contribution is 0.0929. The maximum absolute atomic E-state index is 13.4. The molecule has 0 saturated carbocycles. The van der Waals surface area contributed by atoms with E-state index in [2.05, 4.69) is 15.5 Å². The van der Waals surface area contributed by atoms with Gasteiger partial charge in [0, 0.05) is 25.2 Å². The summed E-state index contributed by atoms with van der Waals surface area (Å²) in [6.07, 6.45) is 0. The molecule has 0 fully saturated rings. The summed E-state index contributed by atoms with van der Waals surface area (Å²) in [6, 6.07) is 22.6. The van der Waals surface area contributed by atoms with Crippen LogP contribution in [0.5, 0.6) is 0 Å². The Morgan fingerprint density at radius 2 is 0.977 bits per heavy atom. The maximum Gasteiger partial charge on any atom is 0.253 e. The van der Waals surface area contributed by atoms with Crippen molar-refractivity contribution >= 4 is 55.9 Å². The summed E-state index contributed by atoms with van der Waals surface area (Å²) in [7, 11) is 1.98. The van der Waals surface area contributed by atoms with Crippen molar-refractivity contribution in [2.75, 3.05) is 20.1 Å². The zero-order chi connectivity index (χ0) is 31.0. The van der Waals surface area contributed by atoms with E-state index in [0.29, 0.717) is 46.3 Å². The van der Waals surface area contributed by atoms with Gasteiger partial charge in [-0.05, 0) is 94.4 Å². The summed E-state index contributed by atoms with van der Waals surface area (Å²) in [6.45, 7) is 9.03. The first-order valence-electron chi connectivity index (χ1n) is 14.8. The number of fused-ring (bicyclic) bond motifs is 4. The van der Waals surface area contributed by atoms with Gasteiger partial charge < -0.3 is 15.5 Å². The zero-order valence-electron chi connectivity index (χ0n) is 25.5. The number of nitrogens with one attached hydrogen (secondary N) is 2. The van der Waals surface area contributed by atoms with Crippen molar-refractivity contribution < 1.29 is 9.59 Å². The molecule has 2 heterocycles. The number of rotatable bonds is 8. The molecule has 0 aliphatic heterocycles. The van der Waals surface area contributed by atoms with Gasteiger partial charge in [-0.3, -0.25) is 9.59 Å². The topological polar surface area (TPSA) is 113 Å². The maximum atomic E-state index is 13.4. The Morgan fingerprint density at radius 1 is 0.614 bits per heavy atom. The Hall–Kier alpha value is -5.02. The number of para-hydroxylation sites is 4. The van der Waals surface area contributed by atoms with Crippen LogP contribution in [0.15, 0.2) is 72.8 Å². The average molecular weight is 586 g/mol. The van der Waals surface area contributed by atoms with E-state index in [0.717, 1.165) is 33.2 Å². The van der Waals surface area contributed by atoms with Gasteiger partial charge in [0.1, 0.15) is 11.0 Å². The van der Waals surface area contributed by atoms with Crippen molar-refractivity contribution in [1.29, 1.82) is 0 Å². The molecule has 6 aromatic rings. The minimum Gasteiger partial charge on any atom is -0.348 e. The van der Waals surface area contributed by atoms with E-state index in [-0.39, 0.29) is 23.9 Å². The Bertz CT molecular complexity index is 1910. The van der Waals surface area contributed by atoms with E-state index >= 15 is 0 Å². The van der Waals surface area contributed by atoms with E-state index < -0.39 is 0 Å². The highest BCUT2D eigenvalue weighted by Gasteiger charge is 2.20. The van der Waals surface area contributed by atoms with E-state index in [4.69, 9.17) is 19.9 Å². The Kier molecular flexibility index (Phi) is 7.88. The van der Waals surface area contributed by atoms with Crippen LogP contribution in [0, 0.1) is 13.8 Å². The highest BCUT2D eigenvalue weighted by atomic mass is 16.2. The third-order valence-corrected chi connectivity index (χ3v) is 7.59. The Morgan fingerprint density at radius 3 is 1.36 bits per heavy atom. The number of carbonyl (C=O) groups excluding carboxylic acids is 2. The fourth-order valence-electron chi connectivity index (χ4n) is 5.78. The molecule has 2 aromatic heterocycles. The lowest BCUT2D eigenvalue weighted by Crippen LogP contribution is -2.46. The number of hydrogen-bond acceptors (Lipinski definition) is 7. The molecule has 9 nitrogen and oxygen atoms in total. The molecule has 2 N–H and O–H groups in total. The van der Waals surface area contributed by atoms with Gasteiger partial charge in [0.15, 0.2) is 0 Å². The third kappa shape index (κ3) is 6.05. The summed E-state index contributed by atoms with van der Waals surface area (Å²) in [5, 5.41) is 6.25.